The third-order valence-corrected chi connectivity index (χ3v) is 3.96. The van der Waals surface area contributed by atoms with Gasteiger partial charge in [-0.1, -0.05) is 35.9 Å². The van der Waals surface area contributed by atoms with E-state index in [-0.39, 0.29) is 5.84 Å². The van der Waals surface area contributed by atoms with Crippen LogP contribution in [-0.4, -0.2) is 12.4 Å². The maximum absolute atomic E-state index is 7.72. The van der Waals surface area contributed by atoms with Gasteiger partial charge in [-0.15, -0.1) is 0 Å². The number of hydrogen-bond donors (Lipinski definition) is 2. The number of benzene rings is 2. The number of nitrogens with one attached hydrogen (secondary N) is 1. The van der Waals surface area contributed by atoms with Crippen molar-refractivity contribution >= 4 is 23.1 Å². The van der Waals surface area contributed by atoms with Crippen molar-refractivity contribution in [2.24, 2.45) is 5.73 Å². The number of nitrogen functional groups attached to an aromatic ring is 1. The molecule has 0 amide bonds. The second-order valence-electron chi connectivity index (χ2n) is 5.02. The fourth-order valence-corrected chi connectivity index (χ4v) is 2.86. The van der Waals surface area contributed by atoms with E-state index in [1.807, 2.05) is 12.1 Å². The summed E-state index contributed by atoms with van der Waals surface area (Å²) in [7, 11) is 0. The molecule has 0 spiro atoms. The molecule has 3 N–H and O–H groups in total. The molecule has 1 heterocycles. The van der Waals surface area contributed by atoms with E-state index < -0.39 is 0 Å². The minimum atomic E-state index is 0.0792. The van der Waals surface area contributed by atoms with E-state index in [0.717, 1.165) is 30.8 Å². The van der Waals surface area contributed by atoms with Gasteiger partial charge in [-0.2, -0.15) is 0 Å². The van der Waals surface area contributed by atoms with Gasteiger partial charge in [0.2, 0.25) is 0 Å². The zero-order valence-electron chi connectivity index (χ0n) is 11.1. The maximum Gasteiger partial charge on any atom is 0.124 e. The molecule has 2 aromatic carbocycles. The van der Waals surface area contributed by atoms with Crippen LogP contribution in [0.1, 0.15) is 16.7 Å². The van der Waals surface area contributed by atoms with Crippen LogP contribution in [-0.2, 0) is 13.0 Å². The molecule has 102 valence electrons. The van der Waals surface area contributed by atoms with Gasteiger partial charge in [-0.3, -0.25) is 5.41 Å². The topological polar surface area (TPSA) is 53.1 Å². The quantitative estimate of drug-likeness (QED) is 0.658. The van der Waals surface area contributed by atoms with Crippen LogP contribution in [0.25, 0.3) is 0 Å². The number of nitrogens with two attached hydrogens (primary N) is 1. The third kappa shape index (κ3) is 2.37. The van der Waals surface area contributed by atoms with Crippen LogP contribution >= 0.6 is 11.6 Å². The second-order valence-corrected chi connectivity index (χ2v) is 5.45. The Morgan fingerprint density at radius 3 is 2.65 bits per heavy atom. The number of halogens is 1. The molecule has 0 radical (unpaired) electrons. The zero-order chi connectivity index (χ0) is 14.1. The van der Waals surface area contributed by atoms with Gasteiger partial charge in [-0.25, -0.2) is 0 Å². The smallest absolute Gasteiger partial charge is 0.124 e. The Kier molecular flexibility index (Phi) is 3.36. The number of nitrogens with zero attached hydrogens (tertiary/aromatic N) is 1. The summed E-state index contributed by atoms with van der Waals surface area (Å²) in [6.07, 6.45) is 1.00. The van der Waals surface area contributed by atoms with Crippen molar-refractivity contribution in [2.45, 2.75) is 13.0 Å². The average Bonchev–Trinajstić information content (AvgIpc) is 2.46. The van der Waals surface area contributed by atoms with Gasteiger partial charge < -0.3 is 10.6 Å². The maximum atomic E-state index is 7.72. The molecule has 2 aromatic rings. The number of amidine groups is 1. The highest BCUT2D eigenvalue weighted by atomic mass is 35.5. The third-order valence-electron chi connectivity index (χ3n) is 3.72. The number of fused-ring (bicyclic) bond motifs is 1. The van der Waals surface area contributed by atoms with Crippen molar-refractivity contribution < 1.29 is 0 Å². The van der Waals surface area contributed by atoms with Crippen LogP contribution in [0.2, 0.25) is 5.02 Å². The van der Waals surface area contributed by atoms with E-state index in [1.54, 1.807) is 6.07 Å². The lowest BCUT2D eigenvalue weighted by Crippen LogP contribution is -2.32. The molecule has 1 aliphatic heterocycles. The molecule has 0 fully saturated rings. The first kappa shape index (κ1) is 13.0. The highest BCUT2D eigenvalue weighted by Gasteiger charge is 2.19. The van der Waals surface area contributed by atoms with E-state index in [0.29, 0.717) is 5.02 Å². The average molecular weight is 286 g/mol. The summed E-state index contributed by atoms with van der Waals surface area (Å²) in [6, 6.07) is 14.0. The second kappa shape index (κ2) is 5.17. The molecule has 0 aromatic heterocycles. The predicted octanol–water partition coefficient (Wildman–Crippen LogP) is 3.19. The number of hydrogen-bond acceptors (Lipinski definition) is 2. The Balaban J connectivity index is 1.99. The fourth-order valence-electron chi connectivity index (χ4n) is 2.70. The molecule has 3 nitrogen and oxygen atoms in total. The molecule has 0 saturated carbocycles. The molecule has 0 atom stereocenters. The van der Waals surface area contributed by atoms with Crippen LogP contribution in [0.3, 0.4) is 0 Å². The number of anilines is 1. The van der Waals surface area contributed by atoms with Gasteiger partial charge >= 0.3 is 0 Å². The van der Waals surface area contributed by atoms with Crippen LogP contribution in [0, 0.1) is 5.41 Å². The molecule has 0 aliphatic carbocycles. The Labute approximate surface area is 123 Å². The van der Waals surface area contributed by atoms with Crippen LogP contribution in [0.15, 0.2) is 42.5 Å². The van der Waals surface area contributed by atoms with Crippen LogP contribution in [0.4, 0.5) is 5.69 Å². The Morgan fingerprint density at radius 1 is 1.15 bits per heavy atom. The van der Waals surface area contributed by atoms with E-state index in [1.165, 1.54) is 11.1 Å². The minimum absolute atomic E-state index is 0.0792. The predicted molar refractivity (Wildman–Crippen MR) is 83.7 cm³/mol. The largest absolute Gasteiger partial charge is 0.384 e. The lowest BCUT2D eigenvalue weighted by atomic mass is 9.98. The van der Waals surface area contributed by atoms with E-state index in [4.69, 9.17) is 22.7 Å². The van der Waals surface area contributed by atoms with Gasteiger partial charge in [-0.05, 0) is 35.7 Å². The highest BCUT2D eigenvalue weighted by Crippen LogP contribution is 2.29. The molecule has 3 rings (SSSR count). The minimum Gasteiger partial charge on any atom is -0.384 e. The summed E-state index contributed by atoms with van der Waals surface area (Å²) < 4.78 is 0. The Morgan fingerprint density at radius 2 is 1.90 bits per heavy atom. The van der Waals surface area contributed by atoms with Crippen LogP contribution < -0.4 is 10.6 Å². The summed E-state index contributed by atoms with van der Waals surface area (Å²) in [4.78, 5) is 2.24. The van der Waals surface area contributed by atoms with Crippen LogP contribution in [0.5, 0.6) is 0 Å². The molecule has 20 heavy (non-hydrogen) atoms. The summed E-state index contributed by atoms with van der Waals surface area (Å²) in [5.74, 6) is 0.0792. The highest BCUT2D eigenvalue weighted by molar-refractivity contribution is 6.31. The first-order valence-electron chi connectivity index (χ1n) is 6.61. The van der Waals surface area contributed by atoms with Gasteiger partial charge in [0.25, 0.3) is 0 Å². The van der Waals surface area contributed by atoms with Gasteiger partial charge in [0, 0.05) is 29.4 Å². The molecular weight excluding hydrogens is 270 g/mol. The SMILES string of the molecule is N=C(N)c1ccc(Cl)cc1N1CCc2ccccc2C1. The standard InChI is InChI=1S/C16H16ClN3/c17-13-5-6-14(16(18)19)15(9-13)20-8-7-11-3-1-2-4-12(11)10-20/h1-6,9H,7-8,10H2,(H3,18,19). The van der Waals surface area contributed by atoms with Crippen molar-refractivity contribution in [2.75, 3.05) is 11.4 Å². The van der Waals surface area contributed by atoms with E-state index in [9.17, 15) is 0 Å². The van der Waals surface area contributed by atoms with E-state index in [2.05, 4.69) is 29.2 Å². The lowest BCUT2D eigenvalue weighted by Gasteiger charge is -2.32. The first-order chi connectivity index (χ1) is 9.65. The van der Waals surface area contributed by atoms with Crippen molar-refractivity contribution in [3.8, 4) is 0 Å². The van der Waals surface area contributed by atoms with Crippen molar-refractivity contribution in [3.63, 3.8) is 0 Å². The molecular formula is C16H16ClN3. The Hall–Kier alpha value is -2.00. The van der Waals surface area contributed by atoms with Gasteiger partial charge in [0.05, 0.1) is 0 Å². The van der Waals surface area contributed by atoms with Crippen molar-refractivity contribution in [3.05, 3.63) is 64.2 Å². The normalized spacial score (nSPS) is 13.9. The van der Waals surface area contributed by atoms with E-state index >= 15 is 0 Å². The Bertz CT molecular complexity index is 667. The summed E-state index contributed by atoms with van der Waals surface area (Å²) in [5.41, 5.74) is 10.1. The summed E-state index contributed by atoms with van der Waals surface area (Å²) in [5, 5.41) is 8.39. The van der Waals surface area contributed by atoms with Crippen molar-refractivity contribution in [1.82, 2.24) is 0 Å². The summed E-state index contributed by atoms with van der Waals surface area (Å²) >= 11 is 6.10. The van der Waals surface area contributed by atoms with Crippen molar-refractivity contribution in [1.29, 1.82) is 5.41 Å². The molecule has 0 bridgehead atoms. The monoisotopic (exact) mass is 285 g/mol. The van der Waals surface area contributed by atoms with Gasteiger partial charge in [0.15, 0.2) is 0 Å². The summed E-state index contributed by atoms with van der Waals surface area (Å²) in [6.45, 7) is 1.74. The molecule has 0 unspecified atom stereocenters. The number of rotatable bonds is 2. The molecule has 0 saturated heterocycles. The molecule has 1 aliphatic rings. The zero-order valence-corrected chi connectivity index (χ0v) is 11.8. The first-order valence-corrected chi connectivity index (χ1v) is 6.98. The fraction of sp³-hybridized carbons (Fsp3) is 0.188. The van der Waals surface area contributed by atoms with Gasteiger partial charge in [0.1, 0.15) is 5.84 Å². The molecule has 4 heteroatoms. The lowest BCUT2D eigenvalue weighted by molar-refractivity contribution is 0.731.